The molecule has 0 aliphatic rings. The van der Waals surface area contributed by atoms with Crippen LogP contribution in [0.25, 0.3) is 16.9 Å². The van der Waals surface area contributed by atoms with Gasteiger partial charge in [0, 0.05) is 11.4 Å². The van der Waals surface area contributed by atoms with Crippen molar-refractivity contribution >= 4 is 10.7 Å². The Kier molecular flexibility index (Phi) is 4.30. The summed E-state index contributed by atoms with van der Waals surface area (Å²) >= 11 is 0. The number of hydrogen-bond donors (Lipinski definition) is 1. The fourth-order valence-electron chi connectivity index (χ4n) is 2.63. The van der Waals surface area contributed by atoms with E-state index in [4.69, 9.17) is 0 Å². The first kappa shape index (κ1) is 15.5. The number of thiol groups is 1. The summed E-state index contributed by atoms with van der Waals surface area (Å²) in [6.07, 6.45) is 0. The summed E-state index contributed by atoms with van der Waals surface area (Å²) in [4.78, 5) is 0. The Morgan fingerprint density at radius 1 is 0.913 bits per heavy atom. The normalized spacial score (nSPS) is 11.1. The van der Waals surface area contributed by atoms with Crippen LogP contribution in [-0.4, -0.2) is 13.0 Å². The maximum absolute atomic E-state index is 13.1. The first-order valence-corrected chi connectivity index (χ1v) is 8.56. The molecule has 0 N–H and O–H groups in total. The molecule has 3 aromatic rings. The van der Waals surface area contributed by atoms with E-state index >= 15 is 0 Å². The third kappa shape index (κ3) is 3.35. The van der Waals surface area contributed by atoms with E-state index in [0.29, 0.717) is 0 Å². The van der Waals surface area contributed by atoms with Crippen LogP contribution in [-0.2, 0) is 16.5 Å². The molecule has 2 aromatic carbocycles. The average Bonchev–Trinajstić information content (AvgIpc) is 2.90. The summed E-state index contributed by atoms with van der Waals surface area (Å²) in [6.45, 7) is 1.99. The SMILES string of the molecule is Cc1ccc(-c2ccc(C[SH](=O)=O)cc2)n1-c1ccc(F)cc1. The highest BCUT2D eigenvalue weighted by Crippen LogP contribution is 2.27. The number of nitrogens with zero attached hydrogens (tertiary/aromatic N) is 1. The van der Waals surface area contributed by atoms with E-state index in [9.17, 15) is 12.8 Å². The van der Waals surface area contributed by atoms with Gasteiger partial charge < -0.3 is 4.57 Å². The van der Waals surface area contributed by atoms with Gasteiger partial charge in [-0.25, -0.2) is 12.8 Å². The van der Waals surface area contributed by atoms with E-state index < -0.39 is 10.7 Å². The first-order valence-electron chi connectivity index (χ1n) is 7.20. The summed E-state index contributed by atoms with van der Waals surface area (Å²) in [5, 5.41) is 0. The van der Waals surface area contributed by atoms with Crippen molar-refractivity contribution in [2.75, 3.05) is 0 Å². The molecule has 0 saturated carbocycles. The number of aryl methyl sites for hydroxylation is 1. The van der Waals surface area contributed by atoms with Crippen LogP contribution in [0.3, 0.4) is 0 Å². The van der Waals surface area contributed by atoms with Crippen LogP contribution in [0.5, 0.6) is 0 Å². The Labute approximate surface area is 136 Å². The predicted molar refractivity (Wildman–Crippen MR) is 89.9 cm³/mol. The number of aromatic nitrogens is 1. The standard InChI is InChI=1S/C18H16FNO2S/c1-13-2-11-18(20(13)17-9-7-16(19)8-10-17)15-5-3-14(4-6-15)12-23(21)22/h2-11,23H,12H2,1H3. The second-order valence-electron chi connectivity index (χ2n) is 5.36. The molecule has 3 rings (SSSR count). The quantitative estimate of drug-likeness (QED) is 0.741. The third-order valence-corrected chi connectivity index (χ3v) is 4.35. The highest BCUT2D eigenvalue weighted by molar-refractivity contribution is 7.71. The molecule has 118 valence electrons. The molecule has 1 heterocycles. The van der Waals surface area contributed by atoms with Crippen LogP contribution >= 0.6 is 0 Å². The monoisotopic (exact) mass is 329 g/mol. The first-order chi connectivity index (χ1) is 11.0. The van der Waals surface area contributed by atoms with Crippen molar-refractivity contribution in [1.29, 1.82) is 0 Å². The minimum atomic E-state index is -2.42. The minimum Gasteiger partial charge on any atom is -0.314 e. The van der Waals surface area contributed by atoms with Crippen LogP contribution in [0.1, 0.15) is 11.3 Å². The Balaban J connectivity index is 2.02. The van der Waals surface area contributed by atoms with E-state index in [0.717, 1.165) is 28.2 Å². The van der Waals surface area contributed by atoms with Crippen molar-refractivity contribution < 1.29 is 12.8 Å². The van der Waals surface area contributed by atoms with Crippen molar-refractivity contribution in [3.05, 3.63) is 77.7 Å². The molecule has 0 radical (unpaired) electrons. The fourth-order valence-corrected chi connectivity index (χ4v) is 3.14. The topological polar surface area (TPSA) is 39.1 Å². The van der Waals surface area contributed by atoms with E-state index in [1.54, 1.807) is 12.1 Å². The van der Waals surface area contributed by atoms with Gasteiger partial charge in [0.2, 0.25) is 0 Å². The largest absolute Gasteiger partial charge is 0.314 e. The van der Waals surface area contributed by atoms with Gasteiger partial charge in [0.05, 0.1) is 11.4 Å². The molecule has 23 heavy (non-hydrogen) atoms. The molecule has 0 amide bonds. The zero-order valence-electron chi connectivity index (χ0n) is 12.6. The van der Waals surface area contributed by atoms with Crippen LogP contribution in [0.15, 0.2) is 60.7 Å². The maximum atomic E-state index is 13.1. The molecular weight excluding hydrogens is 313 g/mol. The summed E-state index contributed by atoms with van der Waals surface area (Å²) in [5.41, 5.74) is 4.65. The van der Waals surface area contributed by atoms with Crippen LogP contribution < -0.4 is 0 Å². The minimum absolute atomic E-state index is 0.0492. The maximum Gasteiger partial charge on any atom is 0.144 e. The van der Waals surface area contributed by atoms with Gasteiger partial charge in [0.25, 0.3) is 0 Å². The van der Waals surface area contributed by atoms with Crippen LogP contribution in [0.2, 0.25) is 0 Å². The van der Waals surface area contributed by atoms with E-state index in [1.165, 1.54) is 12.1 Å². The van der Waals surface area contributed by atoms with Gasteiger partial charge in [-0.05, 0) is 54.4 Å². The van der Waals surface area contributed by atoms with Crippen LogP contribution in [0.4, 0.5) is 4.39 Å². The number of halogens is 1. The molecule has 0 fully saturated rings. The second-order valence-corrected chi connectivity index (χ2v) is 6.34. The van der Waals surface area contributed by atoms with Crippen molar-refractivity contribution in [2.45, 2.75) is 12.7 Å². The Hall–Kier alpha value is -2.40. The second kappa shape index (κ2) is 6.38. The van der Waals surface area contributed by atoms with E-state index in [-0.39, 0.29) is 11.6 Å². The molecule has 0 saturated heterocycles. The number of hydrogen-bond acceptors (Lipinski definition) is 2. The summed E-state index contributed by atoms with van der Waals surface area (Å²) in [6, 6.07) is 17.8. The van der Waals surface area contributed by atoms with Gasteiger partial charge in [0.15, 0.2) is 0 Å². The molecule has 0 unspecified atom stereocenters. The van der Waals surface area contributed by atoms with Crippen molar-refractivity contribution in [3.8, 4) is 16.9 Å². The lowest BCUT2D eigenvalue weighted by Gasteiger charge is -2.12. The van der Waals surface area contributed by atoms with Gasteiger partial charge >= 0.3 is 0 Å². The average molecular weight is 329 g/mol. The lowest BCUT2D eigenvalue weighted by Crippen LogP contribution is -1.99. The van der Waals surface area contributed by atoms with Crippen molar-refractivity contribution in [1.82, 2.24) is 4.57 Å². The van der Waals surface area contributed by atoms with E-state index in [2.05, 4.69) is 0 Å². The molecule has 0 atom stereocenters. The zero-order chi connectivity index (χ0) is 16.4. The lowest BCUT2D eigenvalue weighted by molar-refractivity contribution is 0.614. The van der Waals surface area contributed by atoms with Gasteiger partial charge in [-0.1, -0.05) is 24.3 Å². The molecule has 3 nitrogen and oxygen atoms in total. The zero-order valence-corrected chi connectivity index (χ0v) is 13.5. The predicted octanol–water partition coefficient (Wildman–Crippen LogP) is 3.70. The highest BCUT2D eigenvalue weighted by Gasteiger charge is 2.09. The lowest BCUT2D eigenvalue weighted by atomic mass is 10.1. The van der Waals surface area contributed by atoms with Crippen molar-refractivity contribution in [3.63, 3.8) is 0 Å². The van der Waals surface area contributed by atoms with Gasteiger partial charge in [0.1, 0.15) is 16.5 Å². The Morgan fingerprint density at radius 3 is 2.17 bits per heavy atom. The van der Waals surface area contributed by atoms with Gasteiger partial charge in [-0.15, -0.1) is 0 Å². The summed E-state index contributed by atoms with van der Waals surface area (Å²) in [5.74, 6) is -0.218. The molecule has 5 heteroatoms. The third-order valence-electron chi connectivity index (χ3n) is 3.72. The Bertz CT molecular complexity index is 886. The van der Waals surface area contributed by atoms with Crippen LogP contribution in [0, 0.1) is 12.7 Å². The summed E-state index contributed by atoms with van der Waals surface area (Å²) in [7, 11) is -2.42. The summed E-state index contributed by atoms with van der Waals surface area (Å²) < 4.78 is 36.8. The molecule has 0 aliphatic heterocycles. The molecular formula is C18H16FNO2S. The number of rotatable bonds is 4. The van der Waals surface area contributed by atoms with Crippen molar-refractivity contribution in [2.24, 2.45) is 0 Å². The number of benzene rings is 2. The van der Waals surface area contributed by atoms with Gasteiger partial charge in [-0.2, -0.15) is 0 Å². The molecule has 0 spiro atoms. The highest BCUT2D eigenvalue weighted by atomic mass is 32.2. The van der Waals surface area contributed by atoms with Gasteiger partial charge in [-0.3, -0.25) is 0 Å². The Morgan fingerprint density at radius 2 is 1.57 bits per heavy atom. The fraction of sp³-hybridized carbons (Fsp3) is 0.111. The van der Waals surface area contributed by atoms with E-state index in [1.807, 2.05) is 47.9 Å². The smallest absolute Gasteiger partial charge is 0.144 e. The molecule has 0 bridgehead atoms. The molecule has 1 aromatic heterocycles. The molecule has 0 aliphatic carbocycles.